The first-order valence-corrected chi connectivity index (χ1v) is 6.89. The molecule has 0 bridgehead atoms. The van der Waals surface area contributed by atoms with E-state index in [1.54, 1.807) is 0 Å². The minimum Gasteiger partial charge on any atom is -0.465 e. The maximum atomic E-state index is 11.2. The third-order valence-electron chi connectivity index (χ3n) is 2.95. The van der Waals surface area contributed by atoms with Crippen molar-refractivity contribution >= 4 is 13.8 Å². The van der Waals surface area contributed by atoms with Gasteiger partial charge in [0.05, 0.1) is 12.5 Å². The molecule has 1 unspecified atom stereocenters. The van der Waals surface area contributed by atoms with E-state index in [4.69, 9.17) is 4.74 Å². The molecule has 100 valence electrons. The van der Waals surface area contributed by atoms with Crippen molar-refractivity contribution in [1.29, 1.82) is 0 Å². The van der Waals surface area contributed by atoms with Crippen LogP contribution in [-0.2, 0) is 9.53 Å². The molecule has 0 heterocycles. The van der Waals surface area contributed by atoms with Crippen LogP contribution in [-0.4, -0.2) is 20.4 Å². The van der Waals surface area contributed by atoms with Gasteiger partial charge in [-0.3, -0.25) is 4.79 Å². The van der Waals surface area contributed by atoms with Gasteiger partial charge in [0.1, 0.15) is 7.85 Å². The second kappa shape index (κ2) is 7.78. The Bertz CT molecular complexity index is 219. The highest BCUT2D eigenvalue weighted by Gasteiger charge is 2.12. The summed E-state index contributed by atoms with van der Waals surface area (Å²) in [5.74, 6) is 0.565. The SMILES string of the molecule is BC(C)(C)CCCC(C)CCOC(=O)C(C)C. The van der Waals surface area contributed by atoms with E-state index in [0.717, 1.165) is 6.42 Å². The molecule has 0 N–H and O–H groups in total. The van der Waals surface area contributed by atoms with Crippen LogP contribution in [0.15, 0.2) is 0 Å². The highest BCUT2D eigenvalue weighted by Crippen LogP contribution is 2.27. The van der Waals surface area contributed by atoms with Crippen molar-refractivity contribution in [3.05, 3.63) is 0 Å². The largest absolute Gasteiger partial charge is 0.465 e. The van der Waals surface area contributed by atoms with Crippen LogP contribution in [0.3, 0.4) is 0 Å². The Labute approximate surface area is 108 Å². The zero-order chi connectivity index (χ0) is 13.5. The van der Waals surface area contributed by atoms with Crippen LogP contribution in [0.5, 0.6) is 0 Å². The van der Waals surface area contributed by atoms with Crippen LogP contribution in [0.4, 0.5) is 0 Å². The smallest absolute Gasteiger partial charge is 0.308 e. The van der Waals surface area contributed by atoms with Gasteiger partial charge < -0.3 is 4.74 Å². The van der Waals surface area contributed by atoms with Crippen LogP contribution in [0.25, 0.3) is 0 Å². The molecule has 17 heavy (non-hydrogen) atoms. The van der Waals surface area contributed by atoms with Crippen molar-refractivity contribution < 1.29 is 9.53 Å². The minimum atomic E-state index is -0.0770. The molecule has 0 spiro atoms. The van der Waals surface area contributed by atoms with Crippen molar-refractivity contribution in [3.8, 4) is 0 Å². The summed E-state index contributed by atoms with van der Waals surface area (Å²) >= 11 is 0. The number of esters is 1. The lowest BCUT2D eigenvalue weighted by Crippen LogP contribution is -2.14. The van der Waals surface area contributed by atoms with E-state index in [2.05, 4.69) is 28.6 Å². The highest BCUT2D eigenvalue weighted by molar-refractivity contribution is 6.14. The van der Waals surface area contributed by atoms with E-state index in [-0.39, 0.29) is 11.9 Å². The van der Waals surface area contributed by atoms with Gasteiger partial charge in [0, 0.05) is 0 Å². The van der Waals surface area contributed by atoms with E-state index in [0.29, 0.717) is 17.8 Å². The van der Waals surface area contributed by atoms with Crippen molar-refractivity contribution in [2.75, 3.05) is 6.61 Å². The minimum absolute atomic E-state index is 0.00815. The molecule has 0 aliphatic heterocycles. The molecule has 0 aromatic heterocycles. The van der Waals surface area contributed by atoms with Gasteiger partial charge in [-0.15, -0.1) is 0 Å². The van der Waals surface area contributed by atoms with Crippen molar-refractivity contribution in [1.82, 2.24) is 0 Å². The maximum absolute atomic E-state index is 11.2. The molecule has 0 aromatic carbocycles. The molecule has 0 aliphatic rings. The number of rotatable bonds is 8. The fourth-order valence-corrected chi connectivity index (χ4v) is 1.65. The number of carbonyl (C=O) groups is 1. The molecule has 0 saturated carbocycles. The van der Waals surface area contributed by atoms with Gasteiger partial charge in [0.25, 0.3) is 0 Å². The molecule has 0 rings (SSSR count). The van der Waals surface area contributed by atoms with Crippen LogP contribution in [0.2, 0.25) is 5.31 Å². The molecule has 0 amide bonds. The fourth-order valence-electron chi connectivity index (χ4n) is 1.65. The molecule has 3 heteroatoms. The maximum Gasteiger partial charge on any atom is 0.308 e. The average Bonchev–Trinajstić information content (AvgIpc) is 2.15. The van der Waals surface area contributed by atoms with E-state index < -0.39 is 0 Å². The molecule has 0 aliphatic carbocycles. The zero-order valence-corrected chi connectivity index (χ0v) is 12.5. The Hall–Kier alpha value is -0.465. The summed E-state index contributed by atoms with van der Waals surface area (Å²) in [6, 6.07) is 0. The summed E-state index contributed by atoms with van der Waals surface area (Å²) in [7, 11) is 2.28. The molecular weight excluding hydrogens is 211 g/mol. The molecular formula is C14H29BO2. The zero-order valence-electron chi connectivity index (χ0n) is 12.5. The van der Waals surface area contributed by atoms with Gasteiger partial charge in [0.2, 0.25) is 0 Å². The second-order valence-corrected chi connectivity index (χ2v) is 6.67. The van der Waals surface area contributed by atoms with Gasteiger partial charge in [-0.05, 0) is 12.3 Å². The van der Waals surface area contributed by atoms with Gasteiger partial charge >= 0.3 is 5.97 Å². The monoisotopic (exact) mass is 240 g/mol. The van der Waals surface area contributed by atoms with E-state index in [9.17, 15) is 4.79 Å². The van der Waals surface area contributed by atoms with Gasteiger partial charge in [0.15, 0.2) is 0 Å². The van der Waals surface area contributed by atoms with Crippen molar-refractivity contribution in [2.45, 2.75) is 65.6 Å². The van der Waals surface area contributed by atoms with Gasteiger partial charge in [-0.2, -0.15) is 0 Å². The van der Waals surface area contributed by atoms with Crippen LogP contribution < -0.4 is 0 Å². The predicted octanol–water partition coefficient (Wildman–Crippen LogP) is 3.21. The Morgan fingerprint density at radius 2 is 1.82 bits per heavy atom. The van der Waals surface area contributed by atoms with Gasteiger partial charge in [-0.25, -0.2) is 0 Å². The summed E-state index contributed by atoms with van der Waals surface area (Å²) in [5.41, 5.74) is 0. The first-order chi connectivity index (χ1) is 7.72. The Kier molecular flexibility index (Phi) is 7.57. The summed E-state index contributed by atoms with van der Waals surface area (Å²) in [6.07, 6.45) is 4.75. The predicted molar refractivity (Wildman–Crippen MR) is 76.0 cm³/mol. The van der Waals surface area contributed by atoms with E-state index >= 15 is 0 Å². The number of carbonyl (C=O) groups excluding carboxylic acids is 1. The second-order valence-electron chi connectivity index (χ2n) is 6.67. The number of ether oxygens (including phenoxy) is 1. The quantitative estimate of drug-likeness (QED) is 0.481. The van der Waals surface area contributed by atoms with Crippen molar-refractivity contribution in [3.63, 3.8) is 0 Å². The van der Waals surface area contributed by atoms with Crippen LogP contribution in [0.1, 0.15) is 60.3 Å². The Morgan fingerprint density at radius 1 is 1.24 bits per heavy atom. The first-order valence-electron chi connectivity index (χ1n) is 6.89. The summed E-state index contributed by atoms with van der Waals surface area (Å²) in [4.78, 5) is 11.2. The van der Waals surface area contributed by atoms with E-state index in [1.165, 1.54) is 19.3 Å². The lowest BCUT2D eigenvalue weighted by atomic mass is 9.69. The summed E-state index contributed by atoms with van der Waals surface area (Å²) in [5, 5.41) is 0.434. The topological polar surface area (TPSA) is 26.3 Å². The van der Waals surface area contributed by atoms with Crippen molar-refractivity contribution in [2.24, 2.45) is 11.8 Å². The molecule has 0 fully saturated rings. The average molecular weight is 240 g/mol. The summed E-state index contributed by atoms with van der Waals surface area (Å²) in [6.45, 7) is 11.1. The molecule has 2 nitrogen and oxygen atoms in total. The Balaban J connectivity index is 3.54. The fraction of sp³-hybridized carbons (Fsp3) is 0.929. The standard InChI is InChI=1S/C14H29BO2/c1-11(2)13(16)17-10-8-12(3)7-6-9-14(4,5)15/h11-12H,6-10,15H2,1-5H3. The third-order valence-corrected chi connectivity index (χ3v) is 2.95. The Morgan fingerprint density at radius 3 is 2.29 bits per heavy atom. The lowest BCUT2D eigenvalue weighted by Gasteiger charge is -2.19. The highest BCUT2D eigenvalue weighted by atomic mass is 16.5. The van der Waals surface area contributed by atoms with Gasteiger partial charge in [-0.1, -0.05) is 59.2 Å². The first kappa shape index (κ1) is 16.5. The number of hydrogen-bond donors (Lipinski definition) is 0. The lowest BCUT2D eigenvalue weighted by molar-refractivity contribution is -0.147. The molecule has 0 saturated heterocycles. The third kappa shape index (κ3) is 10.4. The molecule has 0 radical (unpaired) electrons. The molecule has 0 aromatic rings. The number of hydrogen-bond acceptors (Lipinski definition) is 2. The van der Waals surface area contributed by atoms with Crippen LogP contribution >= 0.6 is 0 Å². The van der Waals surface area contributed by atoms with E-state index in [1.807, 2.05) is 13.8 Å². The normalized spacial score (nSPS) is 13.8. The molecule has 1 atom stereocenters. The summed E-state index contributed by atoms with van der Waals surface area (Å²) < 4.78 is 5.18. The van der Waals surface area contributed by atoms with Crippen LogP contribution in [0, 0.1) is 11.8 Å².